The SMILES string of the molecule is CC=Cc1ccccc1OCCNCc1ccoc1. The molecule has 0 aliphatic rings. The Morgan fingerprint density at radius 2 is 2.16 bits per heavy atom. The third kappa shape index (κ3) is 4.30. The second-order valence-corrected chi connectivity index (χ2v) is 4.19. The Kier molecular flexibility index (Phi) is 5.26. The first-order valence-corrected chi connectivity index (χ1v) is 6.46. The molecule has 0 radical (unpaired) electrons. The highest BCUT2D eigenvalue weighted by Gasteiger charge is 1.99. The molecule has 0 unspecified atom stereocenters. The van der Waals surface area contributed by atoms with Gasteiger partial charge in [0.2, 0.25) is 0 Å². The van der Waals surface area contributed by atoms with E-state index in [2.05, 4.69) is 5.32 Å². The standard InChI is InChI=1S/C16H19NO2/c1-2-5-15-6-3-4-7-16(15)19-11-9-17-12-14-8-10-18-13-14/h2-8,10,13,17H,9,11-12H2,1H3. The lowest BCUT2D eigenvalue weighted by molar-refractivity contribution is 0.313. The number of ether oxygens (including phenoxy) is 1. The lowest BCUT2D eigenvalue weighted by Gasteiger charge is -2.09. The molecule has 2 aromatic rings. The zero-order valence-corrected chi connectivity index (χ0v) is 11.1. The average Bonchev–Trinajstić information content (AvgIpc) is 2.94. The van der Waals surface area contributed by atoms with Crippen molar-refractivity contribution in [3.05, 3.63) is 60.1 Å². The van der Waals surface area contributed by atoms with Crippen LogP contribution in [0.25, 0.3) is 6.08 Å². The van der Waals surface area contributed by atoms with Gasteiger partial charge in [-0.3, -0.25) is 0 Å². The molecule has 0 aliphatic carbocycles. The number of hydrogen-bond donors (Lipinski definition) is 1. The molecule has 0 bridgehead atoms. The number of rotatable bonds is 7. The summed E-state index contributed by atoms with van der Waals surface area (Å²) in [7, 11) is 0. The molecule has 0 saturated heterocycles. The van der Waals surface area contributed by atoms with Crippen molar-refractivity contribution < 1.29 is 9.15 Å². The number of para-hydroxylation sites is 1. The Morgan fingerprint density at radius 1 is 1.26 bits per heavy atom. The highest BCUT2D eigenvalue weighted by atomic mass is 16.5. The summed E-state index contributed by atoms with van der Waals surface area (Å²) in [6.07, 6.45) is 7.49. The number of nitrogens with one attached hydrogen (secondary N) is 1. The summed E-state index contributed by atoms with van der Waals surface area (Å²) in [5.41, 5.74) is 2.26. The molecule has 0 atom stereocenters. The van der Waals surface area contributed by atoms with Crippen LogP contribution in [0.5, 0.6) is 5.75 Å². The van der Waals surface area contributed by atoms with Crippen molar-refractivity contribution in [1.82, 2.24) is 5.32 Å². The van der Waals surface area contributed by atoms with E-state index in [4.69, 9.17) is 9.15 Å². The third-order valence-corrected chi connectivity index (χ3v) is 2.71. The van der Waals surface area contributed by atoms with Crippen LogP contribution >= 0.6 is 0 Å². The summed E-state index contributed by atoms with van der Waals surface area (Å²) in [6, 6.07) is 10.00. The fourth-order valence-corrected chi connectivity index (χ4v) is 1.79. The van der Waals surface area contributed by atoms with Crippen LogP contribution in [-0.4, -0.2) is 13.2 Å². The van der Waals surface area contributed by atoms with Gasteiger partial charge in [-0.15, -0.1) is 0 Å². The van der Waals surface area contributed by atoms with Gasteiger partial charge in [0.05, 0.1) is 12.5 Å². The van der Waals surface area contributed by atoms with E-state index >= 15 is 0 Å². The van der Waals surface area contributed by atoms with Crippen molar-refractivity contribution >= 4 is 6.08 Å². The van der Waals surface area contributed by atoms with Crippen LogP contribution in [0.2, 0.25) is 0 Å². The van der Waals surface area contributed by atoms with Gasteiger partial charge in [-0.25, -0.2) is 0 Å². The molecule has 1 N–H and O–H groups in total. The molecule has 19 heavy (non-hydrogen) atoms. The van der Waals surface area contributed by atoms with Crippen molar-refractivity contribution in [2.24, 2.45) is 0 Å². The van der Waals surface area contributed by atoms with Gasteiger partial charge >= 0.3 is 0 Å². The molecule has 0 saturated carbocycles. The van der Waals surface area contributed by atoms with Crippen LogP contribution in [0.1, 0.15) is 18.1 Å². The maximum Gasteiger partial charge on any atom is 0.126 e. The van der Waals surface area contributed by atoms with Crippen molar-refractivity contribution in [1.29, 1.82) is 0 Å². The number of allylic oxidation sites excluding steroid dienone is 1. The van der Waals surface area contributed by atoms with Crippen molar-refractivity contribution in [3.63, 3.8) is 0 Å². The first-order valence-electron chi connectivity index (χ1n) is 6.46. The highest BCUT2D eigenvalue weighted by molar-refractivity contribution is 5.56. The fraction of sp³-hybridized carbons (Fsp3) is 0.250. The molecule has 1 aromatic heterocycles. The average molecular weight is 257 g/mol. The summed E-state index contributed by atoms with van der Waals surface area (Å²) in [6.45, 7) is 4.25. The Morgan fingerprint density at radius 3 is 2.95 bits per heavy atom. The van der Waals surface area contributed by atoms with Crippen LogP contribution in [0.3, 0.4) is 0 Å². The molecule has 0 fully saturated rings. The molecule has 1 aromatic carbocycles. The maximum atomic E-state index is 5.77. The first-order chi connectivity index (χ1) is 9.40. The second-order valence-electron chi connectivity index (χ2n) is 4.19. The number of furan rings is 1. The minimum atomic E-state index is 0.645. The molecule has 0 amide bonds. The van der Waals surface area contributed by atoms with Gasteiger partial charge in [-0.2, -0.15) is 0 Å². The predicted molar refractivity (Wildman–Crippen MR) is 77.1 cm³/mol. The van der Waals surface area contributed by atoms with E-state index in [1.54, 1.807) is 12.5 Å². The summed E-state index contributed by atoms with van der Waals surface area (Å²) in [5.74, 6) is 0.922. The second kappa shape index (κ2) is 7.44. The van der Waals surface area contributed by atoms with Crippen molar-refractivity contribution in [2.45, 2.75) is 13.5 Å². The van der Waals surface area contributed by atoms with Gasteiger partial charge < -0.3 is 14.5 Å². The minimum Gasteiger partial charge on any atom is -0.492 e. The zero-order valence-electron chi connectivity index (χ0n) is 11.1. The van der Waals surface area contributed by atoms with Gasteiger partial charge in [0.25, 0.3) is 0 Å². The molecule has 0 aliphatic heterocycles. The quantitative estimate of drug-likeness (QED) is 0.771. The molecular formula is C16H19NO2. The molecule has 0 spiro atoms. The van der Waals surface area contributed by atoms with Gasteiger partial charge in [0.1, 0.15) is 12.4 Å². The fourth-order valence-electron chi connectivity index (χ4n) is 1.79. The van der Waals surface area contributed by atoms with Gasteiger partial charge in [-0.1, -0.05) is 30.4 Å². The van der Waals surface area contributed by atoms with Crippen LogP contribution in [-0.2, 0) is 6.54 Å². The van der Waals surface area contributed by atoms with E-state index < -0.39 is 0 Å². The normalized spacial score (nSPS) is 11.0. The van der Waals surface area contributed by atoms with Crippen LogP contribution in [0, 0.1) is 0 Å². The van der Waals surface area contributed by atoms with E-state index in [9.17, 15) is 0 Å². The molecule has 100 valence electrons. The number of hydrogen-bond acceptors (Lipinski definition) is 3. The lowest BCUT2D eigenvalue weighted by atomic mass is 10.2. The van der Waals surface area contributed by atoms with Crippen LogP contribution in [0.15, 0.2) is 53.4 Å². The van der Waals surface area contributed by atoms with E-state index in [0.717, 1.165) is 30.0 Å². The van der Waals surface area contributed by atoms with Crippen molar-refractivity contribution in [2.75, 3.05) is 13.2 Å². The molecular weight excluding hydrogens is 238 g/mol. The first kappa shape index (κ1) is 13.4. The molecule has 1 heterocycles. The van der Waals surface area contributed by atoms with Gasteiger partial charge in [0.15, 0.2) is 0 Å². The Bertz CT molecular complexity index is 503. The van der Waals surface area contributed by atoms with Gasteiger partial charge in [-0.05, 0) is 19.1 Å². The minimum absolute atomic E-state index is 0.645. The molecule has 3 heteroatoms. The zero-order chi connectivity index (χ0) is 13.3. The maximum absolute atomic E-state index is 5.77. The highest BCUT2D eigenvalue weighted by Crippen LogP contribution is 2.19. The Balaban J connectivity index is 1.73. The predicted octanol–water partition coefficient (Wildman–Crippen LogP) is 3.48. The summed E-state index contributed by atoms with van der Waals surface area (Å²) >= 11 is 0. The van der Waals surface area contributed by atoms with E-state index in [0.29, 0.717) is 6.61 Å². The Labute approximate surface area is 113 Å². The van der Waals surface area contributed by atoms with Crippen LogP contribution in [0.4, 0.5) is 0 Å². The topological polar surface area (TPSA) is 34.4 Å². The number of benzene rings is 1. The lowest BCUT2D eigenvalue weighted by Crippen LogP contribution is -2.20. The summed E-state index contributed by atoms with van der Waals surface area (Å²) in [4.78, 5) is 0. The summed E-state index contributed by atoms with van der Waals surface area (Å²) < 4.78 is 10.8. The monoisotopic (exact) mass is 257 g/mol. The molecule has 2 rings (SSSR count). The van der Waals surface area contributed by atoms with Crippen molar-refractivity contribution in [3.8, 4) is 5.75 Å². The van der Waals surface area contributed by atoms with Crippen LogP contribution < -0.4 is 10.1 Å². The summed E-state index contributed by atoms with van der Waals surface area (Å²) in [5, 5.41) is 3.31. The molecule has 3 nitrogen and oxygen atoms in total. The van der Waals surface area contributed by atoms with E-state index in [1.807, 2.05) is 49.4 Å². The van der Waals surface area contributed by atoms with E-state index in [1.165, 1.54) is 0 Å². The van der Waals surface area contributed by atoms with E-state index in [-0.39, 0.29) is 0 Å². The third-order valence-electron chi connectivity index (χ3n) is 2.71. The Hall–Kier alpha value is -2.00. The van der Waals surface area contributed by atoms with Gasteiger partial charge in [0, 0.05) is 24.2 Å². The largest absolute Gasteiger partial charge is 0.492 e. The smallest absolute Gasteiger partial charge is 0.126 e.